The van der Waals surface area contributed by atoms with Gasteiger partial charge in [-0.1, -0.05) is 13.8 Å². The van der Waals surface area contributed by atoms with Crippen LogP contribution in [0.3, 0.4) is 0 Å². The second-order valence-electron chi connectivity index (χ2n) is 9.62. The molecule has 3 N–H and O–H groups in total. The average Bonchev–Trinajstić information content (AvgIpc) is 3.53. The normalized spacial score (nSPS) is 14.1. The van der Waals surface area contributed by atoms with Gasteiger partial charge in [-0.2, -0.15) is 5.10 Å². The number of H-pyrrole nitrogens is 2. The van der Waals surface area contributed by atoms with Crippen molar-refractivity contribution in [2.45, 2.75) is 33.1 Å². The summed E-state index contributed by atoms with van der Waals surface area (Å²) in [6.45, 7) is 5.80. The van der Waals surface area contributed by atoms with Gasteiger partial charge in [-0.25, -0.2) is 4.98 Å². The van der Waals surface area contributed by atoms with E-state index >= 15 is 0 Å². The third-order valence-corrected chi connectivity index (χ3v) is 6.71. The quantitative estimate of drug-likeness (QED) is 0.320. The summed E-state index contributed by atoms with van der Waals surface area (Å²) in [6.07, 6.45) is 10.7. The molecule has 9 heteroatoms. The Morgan fingerprint density at radius 2 is 1.86 bits per heavy atom. The van der Waals surface area contributed by atoms with E-state index in [0.29, 0.717) is 5.69 Å². The second-order valence-corrected chi connectivity index (χ2v) is 9.62. The van der Waals surface area contributed by atoms with Gasteiger partial charge in [0.2, 0.25) is 5.91 Å². The summed E-state index contributed by atoms with van der Waals surface area (Å²) in [4.78, 5) is 31.7. The maximum atomic E-state index is 12.1. The highest BCUT2D eigenvalue weighted by Crippen LogP contribution is 2.34. The molecule has 0 unspecified atom stereocenters. The summed E-state index contributed by atoms with van der Waals surface area (Å²) in [5, 5.41) is 12.7. The largest absolute Gasteiger partial charge is 0.356 e. The number of aromatic nitrogens is 6. The van der Waals surface area contributed by atoms with Crippen LogP contribution in [0.4, 0.5) is 11.5 Å². The van der Waals surface area contributed by atoms with Gasteiger partial charge in [0, 0.05) is 47.7 Å². The van der Waals surface area contributed by atoms with Crippen LogP contribution in [0.15, 0.2) is 49.1 Å². The molecule has 1 amide bonds. The molecule has 0 atom stereocenters. The van der Waals surface area contributed by atoms with E-state index in [0.717, 1.165) is 63.4 Å². The molecular formula is C27H28N8O. The minimum atomic E-state index is -0.112. The van der Waals surface area contributed by atoms with Gasteiger partial charge in [-0.05, 0) is 43.5 Å². The number of fused-ring (bicyclic) bond motifs is 2. The Morgan fingerprint density at radius 3 is 2.69 bits per heavy atom. The summed E-state index contributed by atoms with van der Waals surface area (Å²) < 4.78 is 0. The van der Waals surface area contributed by atoms with Crippen molar-refractivity contribution in [1.29, 1.82) is 0 Å². The fraction of sp³-hybridized carbons (Fsp3) is 0.296. The second kappa shape index (κ2) is 9.07. The summed E-state index contributed by atoms with van der Waals surface area (Å²) in [5.74, 6) is 0.869. The van der Waals surface area contributed by atoms with E-state index in [4.69, 9.17) is 4.98 Å². The maximum Gasteiger partial charge on any atom is 0.226 e. The number of carbonyl (C=O) groups excluding carboxylic acids is 1. The molecule has 5 aromatic heterocycles. The molecule has 0 saturated carbocycles. The zero-order chi connectivity index (χ0) is 24.6. The fourth-order valence-electron chi connectivity index (χ4n) is 4.74. The number of rotatable bonds is 5. The van der Waals surface area contributed by atoms with Crippen molar-refractivity contribution >= 4 is 39.2 Å². The molecule has 182 valence electrons. The first-order valence-corrected chi connectivity index (χ1v) is 12.4. The fourth-order valence-corrected chi connectivity index (χ4v) is 4.74. The Bertz CT molecular complexity index is 1560. The van der Waals surface area contributed by atoms with Gasteiger partial charge in [-0.3, -0.25) is 19.9 Å². The number of nitrogens with zero attached hydrogens (tertiary/aromatic N) is 5. The third-order valence-electron chi connectivity index (χ3n) is 6.71. The summed E-state index contributed by atoms with van der Waals surface area (Å²) in [5.41, 5.74) is 5.86. The Balaban J connectivity index is 1.38. The number of hydrogen-bond acceptors (Lipinski definition) is 6. The molecule has 36 heavy (non-hydrogen) atoms. The lowest BCUT2D eigenvalue weighted by atomic mass is 10.1. The van der Waals surface area contributed by atoms with Crippen LogP contribution >= 0.6 is 0 Å². The van der Waals surface area contributed by atoms with Crippen LogP contribution < -0.4 is 10.2 Å². The van der Waals surface area contributed by atoms with E-state index in [2.05, 4.69) is 41.4 Å². The monoisotopic (exact) mass is 480 g/mol. The third kappa shape index (κ3) is 4.06. The van der Waals surface area contributed by atoms with E-state index in [1.807, 2.05) is 38.2 Å². The number of pyridine rings is 3. The molecule has 1 fully saturated rings. The van der Waals surface area contributed by atoms with E-state index in [1.165, 1.54) is 19.3 Å². The molecule has 0 aliphatic carbocycles. The average molecular weight is 481 g/mol. The van der Waals surface area contributed by atoms with Crippen molar-refractivity contribution in [3.05, 3.63) is 49.1 Å². The van der Waals surface area contributed by atoms with Crippen LogP contribution in [-0.2, 0) is 4.79 Å². The number of anilines is 2. The number of hydrogen-bond donors (Lipinski definition) is 3. The topological polar surface area (TPSA) is 115 Å². The first kappa shape index (κ1) is 22.2. The van der Waals surface area contributed by atoms with Crippen LogP contribution in [0.2, 0.25) is 0 Å². The lowest BCUT2D eigenvalue weighted by Crippen LogP contribution is -2.30. The SMILES string of the molecule is CC(C)C(=O)Nc1cncc(-c2cc3c(-c4cc5c(N6CCCCC6)nccc5[nH]4)n[nH]c3cn2)c1. The molecule has 9 nitrogen and oxygen atoms in total. The summed E-state index contributed by atoms with van der Waals surface area (Å²) in [7, 11) is 0. The van der Waals surface area contributed by atoms with Gasteiger partial charge < -0.3 is 15.2 Å². The van der Waals surface area contributed by atoms with Crippen molar-refractivity contribution in [3.8, 4) is 22.6 Å². The van der Waals surface area contributed by atoms with Crippen molar-refractivity contribution in [2.75, 3.05) is 23.3 Å². The maximum absolute atomic E-state index is 12.1. The smallest absolute Gasteiger partial charge is 0.226 e. The molecule has 0 aromatic carbocycles. The lowest BCUT2D eigenvalue weighted by Gasteiger charge is -2.28. The number of piperidine rings is 1. The molecule has 1 aliphatic rings. The zero-order valence-electron chi connectivity index (χ0n) is 20.4. The van der Waals surface area contributed by atoms with E-state index in [9.17, 15) is 4.79 Å². The molecule has 0 spiro atoms. The molecule has 1 aliphatic heterocycles. The van der Waals surface area contributed by atoms with Crippen LogP contribution in [-0.4, -0.2) is 49.1 Å². The predicted molar refractivity (Wildman–Crippen MR) is 142 cm³/mol. The van der Waals surface area contributed by atoms with Crippen LogP contribution in [0.5, 0.6) is 0 Å². The van der Waals surface area contributed by atoms with Crippen molar-refractivity contribution in [3.63, 3.8) is 0 Å². The van der Waals surface area contributed by atoms with Gasteiger partial charge in [0.15, 0.2) is 0 Å². The Hall–Kier alpha value is -4.27. The number of amides is 1. The first-order valence-electron chi connectivity index (χ1n) is 12.4. The Labute approximate surface area is 208 Å². The molecule has 6 heterocycles. The van der Waals surface area contributed by atoms with Gasteiger partial charge in [0.25, 0.3) is 0 Å². The standard InChI is InChI=1S/C27H28N8O/c1-16(2)27(36)31-18-10-17(13-28-14-18)22-11-19-24(15-30-22)33-34-25(19)23-12-20-21(32-23)6-7-29-26(20)35-8-4-3-5-9-35/h6-7,10-16,32H,3-5,8-9H2,1-2H3,(H,31,36)(H,33,34). The van der Waals surface area contributed by atoms with E-state index < -0.39 is 0 Å². The molecular weight excluding hydrogens is 452 g/mol. The molecule has 1 saturated heterocycles. The van der Waals surface area contributed by atoms with Gasteiger partial charge in [-0.15, -0.1) is 0 Å². The first-order chi connectivity index (χ1) is 17.6. The predicted octanol–water partition coefficient (Wildman–Crippen LogP) is 5.15. The van der Waals surface area contributed by atoms with Crippen molar-refractivity contribution in [2.24, 2.45) is 5.92 Å². The highest BCUT2D eigenvalue weighted by atomic mass is 16.1. The van der Waals surface area contributed by atoms with Crippen molar-refractivity contribution in [1.82, 2.24) is 30.1 Å². The summed E-state index contributed by atoms with van der Waals surface area (Å²) >= 11 is 0. The highest BCUT2D eigenvalue weighted by Gasteiger charge is 2.19. The minimum Gasteiger partial charge on any atom is -0.356 e. The Kier molecular flexibility index (Phi) is 5.59. The zero-order valence-corrected chi connectivity index (χ0v) is 20.4. The number of nitrogens with one attached hydrogen (secondary N) is 3. The van der Waals surface area contributed by atoms with E-state index in [-0.39, 0.29) is 11.8 Å². The van der Waals surface area contributed by atoms with Gasteiger partial charge >= 0.3 is 0 Å². The number of aromatic amines is 2. The van der Waals surface area contributed by atoms with Crippen LogP contribution in [0.25, 0.3) is 44.5 Å². The summed E-state index contributed by atoms with van der Waals surface area (Å²) in [6, 6.07) is 8.05. The number of carbonyl (C=O) groups is 1. The molecule has 5 aromatic rings. The van der Waals surface area contributed by atoms with E-state index in [1.54, 1.807) is 18.6 Å². The molecule has 0 radical (unpaired) electrons. The van der Waals surface area contributed by atoms with Gasteiger partial charge in [0.05, 0.1) is 40.5 Å². The Morgan fingerprint density at radius 1 is 1.00 bits per heavy atom. The van der Waals surface area contributed by atoms with Crippen LogP contribution in [0, 0.1) is 5.92 Å². The lowest BCUT2D eigenvalue weighted by molar-refractivity contribution is -0.118. The highest BCUT2D eigenvalue weighted by molar-refractivity contribution is 5.99. The van der Waals surface area contributed by atoms with Crippen molar-refractivity contribution < 1.29 is 4.79 Å². The molecule has 6 rings (SSSR count). The van der Waals surface area contributed by atoms with Gasteiger partial charge in [0.1, 0.15) is 11.5 Å². The van der Waals surface area contributed by atoms with Crippen LogP contribution in [0.1, 0.15) is 33.1 Å². The minimum absolute atomic E-state index is 0.0493. The molecule has 0 bridgehead atoms.